The second kappa shape index (κ2) is 3.81. The molecule has 0 spiro atoms. The second-order valence-corrected chi connectivity index (χ2v) is 3.99. The Kier molecular flexibility index (Phi) is 2.51. The van der Waals surface area contributed by atoms with Crippen molar-refractivity contribution in [3.8, 4) is 10.8 Å². The molecule has 1 atom stereocenters. The Morgan fingerprint density at radius 2 is 2.00 bits per heavy atom. The van der Waals surface area contributed by atoms with Crippen LogP contribution in [0.4, 0.5) is 0 Å². The van der Waals surface area contributed by atoms with Crippen molar-refractivity contribution in [3.05, 3.63) is 29.5 Å². The zero-order chi connectivity index (χ0) is 9.97. The summed E-state index contributed by atoms with van der Waals surface area (Å²) in [5, 5.41) is 0.818. The zero-order valence-electron chi connectivity index (χ0n) is 7.71. The predicted molar refractivity (Wildman–Crippen MR) is 55.7 cm³/mol. The summed E-state index contributed by atoms with van der Waals surface area (Å²) in [5.74, 6) is 0.657. The van der Waals surface area contributed by atoms with Gasteiger partial charge in [0.25, 0.3) is 0 Å². The quantitative estimate of drug-likeness (QED) is 0.811. The minimum absolute atomic E-state index is 0.0185. The van der Waals surface area contributed by atoms with Crippen LogP contribution < -0.4 is 5.73 Å². The maximum Gasteiger partial charge on any atom is 0.188 e. The fourth-order valence-electron chi connectivity index (χ4n) is 1.01. The van der Waals surface area contributed by atoms with Gasteiger partial charge in [0.2, 0.25) is 0 Å². The van der Waals surface area contributed by atoms with Crippen molar-refractivity contribution in [2.45, 2.75) is 13.0 Å². The van der Waals surface area contributed by atoms with Crippen molar-refractivity contribution < 1.29 is 0 Å². The topological polar surface area (TPSA) is 64.7 Å². The molecule has 0 fully saturated rings. The SMILES string of the molecule is CC(N)c1cnc(-c2ncccn2)s1. The van der Waals surface area contributed by atoms with E-state index in [1.54, 1.807) is 24.7 Å². The van der Waals surface area contributed by atoms with Crippen LogP contribution in [0.5, 0.6) is 0 Å². The largest absolute Gasteiger partial charge is 0.323 e. The van der Waals surface area contributed by atoms with Gasteiger partial charge in [0, 0.05) is 29.5 Å². The molecule has 0 saturated heterocycles. The Labute approximate surface area is 85.9 Å². The minimum Gasteiger partial charge on any atom is -0.323 e. The predicted octanol–water partition coefficient (Wildman–Crippen LogP) is 1.62. The molecule has 0 amide bonds. The number of nitrogens with two attached hydrogens (primary N) is 1. The first-order valence-corrected chi connectivity index (χ1v) is 5.07. The van der Waals surface area contributed by atoms with Gasteiger partial charge in [-0.2, -0.15) is 0 Å². The first kappa shape index (κ1) is 9.23. The van der Waals surface area contributed by atoms with Crippen LogP contribution in [-0.2, 0) is 0 Å². The maximum atomic E-state index is 5.73. The lowest BCUT2D eigenvalue weighted by Crippen LogP contribution is -2.01. The lowest BCUT2D eigenvalue weighted by molar-refractivity contribution is 0.835. The van der Waals surface area contributed by atoms with E-state index < -0.39 is 0 Å². The third kappa shape index (κ3) is 1.78. The van der Waals surface area contributed by atoms with Crippen molar-refractivity contribution in [3.63, 3.8) is 0 Å². The third-order valence-electron chi connectivity index (χ3n) is 1.73. The van der Waals surface area contributed by atoms with Gasteiger partial charge in [-0.3, -0.25) is 0 Å². The molecule has 1 unspecified atom stereocenters. The fourth-order valence-corrected chi connectivity index (χ4v) is 1.83. The lowest BCUT2D eigenvalue weighted by Gasteiger charge is -1.96. The van der Waals surface area contributed by atoms with Crippen molar-refractivity contribution in [2.24, 2.45) is 5.73 Å². The first-order valence-electron chi connectivity index (χ1n) is 4.26. The normalized spacial score (nSPS) is 12.7. The van der Waals surface area contributed by atoms with E-state index in [4.69, 9.17) is 5.73 Å². The second-order valence-electron chi connectivity index (χ2n) is 2.93. The van der Waals surface area contributed by atoms with Crippen LogP contribution >= 0.6 is 11.3 Å². The highest BCUT2D eigenvalue weighted by molar-refractivity contribution is 7.15. The van der Waals surface area contributed by atoms with Crippen LogP contribution in [0.1, 0.15) is 17.8 Å². The molecule has 0 aromatic carbocycles. The van der Waals surface area contributed by atoms with Gasteiger partial charge in [-0.25, -0.2) is 15.0 Å². The van der Waals surface area contributed by atoms with Crippen molar-refractivity contribution >= 4 is 11.3 Å². The summed E-state index contributed by atoms with van der Waals surface area (Å²) >= 11 is 1.53. The number of hydrogen-bond acceptors (Lipinski definition) is 5. The number of rotatable bonds is 2. The molecular weight excluding hydrogens is 196 g/mol. The van der Waals surface area contributed by atoms with E-state index in [2.05, 4.69) is 15.0 Å². The molecular formula is C9H10N4S. The molecule has 4 nitrogen and oxygen atoms in total. The van der Waals surface area contributed by atoms with Gasteiger partial charge in [-0.15, -0.1) is 11.3 Å². The maximum absolute atomic E-state index is 5.73. The number of aromatic nitrogens is 3. The summed E-state index contributed by atoms with van der Waals surface area (Å²) in [4.78, 5) is 13.5. The molecule has 0 aliphatic heterocycles. The first-order chi connectivity index (χ1) is 6.77. The van der Waals surface area contributed by atoms with E-state index in [0.717, 1.165) is 9.88 Å². The van der Waals surface area contributed by atoms with Crippen molar-refractivity contribution in [1.82, 2.24) is 15.0 Å². The van der Waals surface area contributed by atoms with Crippen LogP contribution in [0, 0.1) is 0 Å². The van der Waals surface area contributed by atoms with E-state index in [1.807, 2.05) is 6.92 Å². The summed E-state index contributed by atoms with van der Waals surface area (Å²) in [6.07, 6.45) is 5.19. The third-order valence-corrected chi connectivity index (χ3v) is 2.92. The molecule has 0 bridgehead atoms. The number of hydrogen-bond donors (Lipinski definition) is 1. The molecule has 5 heteroatoms. The van der Waals surface area contributed by atoms with Gasteiger partial charge in [0.05, 0.1) is 0 Å². The molecule has 72 valence electrons. The van der Waals surface area contributed by atoms with Crippen molar-refractivity contribution in [2.75, 3.05) is 0 Å². The Morgan fingerprint density at radius 1 is 1.29 bits per heavy atom. The summed E-state index contributed by atoms with van der Waals surface area (Å²) in [7, 11) is 0. The molecule has 2 heterocycles. The molecule has 2 aromatic heterocycles. The average molecular weight is 206 g/mol. The molecule has 0 radical (unpaired) electrons. The fraction of sp³-hybridized carbons (Fsp3) is 0.222. The molecule has 0 aliphatic rings. The Bertz CT molecular complexity index is 410. The highest BCUT2D eigenvalue weighted by atomic mass is 32.1. The highest BCUT2D eigenvalue weighted by Crippen LogP contribution is 2.24. The summed E-state index contributed by atoms with van der Waals surface area (Å²) in [6.45, 7) is 1.93. The van der Waals surface area contributed by atoms with Gasteiger partial charge in [0.1, 0.15) is 0 Å². The number of thiazole rings is 1. The zero-order valence-corrected chi connectivity index (χ0v) is 8.53. The van der Waals surface area contributed by atoms with Gasteiger partial charge >= 0.3 is 0 Å². The van der Waals surface area contributed by atoms with Crippen LogP contribution in [-0.4, -0.2) is 15.0 Å². The molecule has 0 saturated carbocycles. The summed E-state index contributed by atoms with van der Waals surface area (Å²) in [6, 6.07) is 1.80. The number of nitrogens with zero attached hydrogens (tertiary/aromatic N) is 3. The van der Waals surface area contributed by atoms with Crippen LogP contribution in [0.15, 0.2) is 24.7 Å². The smallest absolute Gasteiger partial charge is 0.188 e. The Hall–Kier alpha value is -1.33. The summed E-state index contributed by atoms with van der Waals surface area (Å²) in [5.41, 5.74) is 5.73. The van der Waals surface area contributed by atoms with Crippen LogP contribution in [0.25, 0.3) is 10.8 Å². The Balaban J connectivity index is 2.34. The van der Waals surface area contributed by atoms with Gasteiger partial charge < -0.3 is 5.73 Å². The summed E-state index contributed by atoms with van der Waals surface area (Å²) < 4.78 is 0. The lowest BCUT2D eigenvalue weighted by atomic mass is 10.3. The van der Waals surface area contributed by atoms with E-state index in [1.165, 1.54) is 11.3 Å². The molecule has 2 aromatic rings. The molecule has 2 N–H and O–H groups in total. The van der Waals surface area contributed by atoms with Gasteiger partial charge in [-0.1, -0.05) is 0 Å². The Morgan fingerprint density at radius 3 is 2.57 bits per heavy atom. The van der Waals surface area contributed by atoms with Crippen molar-refractivity contribution in [1.29, 1.82) is 0 Å². The van der Waals surface area contributed by atoms with Gasteiger partial charge in [-0.05, 0) is 13.0 Å². The minimum atomic E-state index is 0.0185. The van der Waals surface area contributed by atoms with E-state index in [-0.39, 0.29) is 6.04 Å². The standard InChI is InChI=1S/C9H10N4S/c1-6(10)7-5-13-9(14-7)8-11-3-2-4-12-8/h2-6H,10H2,1H3. The molecule has 2 rings (SSSR count). The highest BCUT2D eigenvalue weighted by Gasteiger charge is 2.08. The monoisotopic (exact) mass is 206 g/mol. The van der Waals surface area contributed by atoms with Crippen LogP contribution in [0.2, 0.25) is 0 Å². The van der Waals surface area contributed by atoms with E-state index >= 15 is 0 Å². The van der Waals surface area contributed by atoms with Gasteiger partial charge in [0.15, 0.2) is 10.8 Å². The van der Waals surface area contributed by atoms with E-state index in [9.17, 15) is 0 Å². The molecule has 14 heavy (non-hydrogen) atoms. The van der Waals surface area contributed by atoms with Crippen LogP contribution in [0.3, 0.4) is 0 Å². The van der Waals surface area contributed by atoms with E-state index in [0.29, 0.717) is 5.82 Å². The average Bonchev–Trinajstić information content (AvgIpc) is 2.68. The molecule has 0 aliphatic carbocycles.